The van der Waals surface area contributed by atoms with Crippen LogP contribution < -0.4 is 10.2 Å². The summed E-state index contributed by atoms with van der Waals surface area (Å²) >= 11 is 0. The van der Waals surface area contributed by atoms with Crippen molar-refractivity contribution >= 4 is 11.6 Å². The molecule has 1 aliphatic carbocycles. The Balaban J connectivity index is 1.82. The van der Waals surface area contributed by atoms with Gasteiger partial charge in [-0.2, -0.15) is 0 Å². The first-order valence-electron chi connectivity index (χ1n) is 8.19. The van der Waals surface area contributed by atoms with E-state index in [2.05, 4.69) is 31.3 Å². The maximum absolute atomic E-state index is 12.2. The lowest BCUT2D eigenvalue weighted by molar-refractivity contribution is -0.119. The fourth-order valence-corrected chi connectivity index (χ4v) is 3.87. The Morgan fingerprint density at radius 1 is 1.19 bits per heavy atom. The molecular formula is C18H26N2O. The van der Waals surface area contributed by atoms with Gasteiger partial charge < -0.3 is 10.2 Å². The van der Waals surface area contributed by atoms with Crippen molar-refractivity contribution in [3.05, 3.63) is 29.8 Å². The second-order valence-electron chi connectivity index (χ2n) is 6.81. The molecule has 3 rings (SSSR count). The molecule has 1 fully saturated rings. The Morgan fingerprint density at radius 3 is 2.76 bits per heavy atom. The van der Waals surface area contributed by atoms with Crippen LogP contribution >= 0.6 is 0 Å². The lowest BCUT2D eigenvalue weighted by Gasteiger charge is -2.39. The Hall–Kier alpha value is -1.35. The topological polar surface area (TPSA) is 32.3 Å². The van der Waals surface area contributed by atoms with Gasteiger partial charge in [0.05, 0.1) is 0 Å². The molecule has 4 unspecified atom stereocenters. The summed E-state index contributed by atoms with van der Waals surface area (Å²) < 4.78 is 0. The molecule has 3 heteroatoms. The Bertz CT molecular complexity index is 528. The first kappa shape index (κ1) is 14.6. The number of rotatable bonds is 2. The maximum atomic E-state index is 12.2. The van der Waals surface area contributed by atoms with E-state index in [0.717, 1.165) is 11.6 Å². The molecule has 1 aromatic rings. The molecule has 4 atom stereocenters. The van der Waals surface area contributed by atoms with Crippen LogP contribution in [0.15, 0.2) is 24.3 Å². The van der Waals surface area contributed by atoms with E-state index in [9.17, 15) is 4.79 Å². The van der Waals surface area contributed by atoms with Crippen LogP contribution in [-0.4, -0.2) is 19.0 Å². The van der Waals surface area contributed by atoms with Crippen molar-refractivity contribution in [3.63, 3.8) is 0 Å². The predicted octanol–water partition coefficient (Wildman–Crippen LogP) is 3.51. The molecule has 1 saturated carbocycles. The van der Waals surface area contributed by atoms with E-state index in [1.54, 1.807) is 4.90 Å². The Morgan fingerprint density at radius 2 is 1.95 bits per heavy atom. The molecule has 0 radical (unpaired) electrons. The van der Waals surface area contributed by atoms with E-state index in [1.807, 2.05) is 19.2 Å². The van der Waals surface area contributed by atoms with E-state index in [4.69, 9.17) is 0 Å². The van der Waals surface area contributed by atoms with E-state index in [0.29, 0.717) is 18.4 Å². The summed E-state index contributed by atoms with van der Waals surface area (Å²) in [6, 6.07) is 8.99. The van der Waals surface area contributed by atoms with Crippen LogP contribution in [0.4, 0.5) is 5.69 Å². The number of amides is 1. The smallest absolute Gasteiger partial charge is 0.228 e. The van der Waals surface area contributed by atoms with Crippen molar-refractivity contribution in [1.82, 2.24) is 5.32 Å². The monoisotopic (exact) mass is 286 g/mol. The predicted molar refractivity (Wildman–Crippen MR) is 86.3 cm³/mol. The fraction of sp³-hybridized carbons (Fsp3) is 0.611. The Labute approximate surface area is 127 Å². The summed E-state index contributed by atoms with van der Waals surface area (Å²) in [5.74, 6) is 1.66. The number of nitrogens with one attached hydrogen (secondary N) is 1. The molecular weight excluding hydrogens is 260 g/mol. The van der Waals surface area contributed by atoms with Crippen molar-refractivity contribution < 1.29 is 4.79 Å². The lowest BCUT2D eigenvalue weighted by Crippen LogP contribution is -2.46. The highest BCUT2D eigenvalue weighted by Crippen LogP contribution is 2.36. The third-order valence-corrected chi connectivity index (χ3v) is 5.55. The van der Waals surface area contributed by atoms with Crippen LogP contribution in [0, 0.1) is 11.8 Å². The molecule has 1 aromatic carbocycles. The van der Waals surface area contributed by atoms with Crippen LogP contribution in [-0.2, 0) is 4.79 Å². The van der Waals surface area contributed by atoms with E-state index < -0.39 is 0 Å². The highest BCUT2D eigenvalue weighted by molar-refractivity contribution is 5.96. The van der Waals surface area contributed by atoms with E-state index in [-0.39, 0.29) is 11.9 Å². The van der Waals surface area contributed by atoms with Gasteiger partial charge in [0.25, 0.3) is 0 Å². The molecule has 1 N–H and O–H groups in total. The molecule has 0 aromatic heterocycles. The minimum Gasteiger partial charge on any atom is -0.315 e. The third-order valence-electron chi connectivity index (χ3n) is 5.55. The van der Waals surface area contributed by atoms with E-state index in [1.165, 1.54) is 24.8 Å². The number of hydrogen-bond acceptors (Lipinski definition) is 2. The standard InChI is InChI=1S/C18H26N2O/c1-12-7-6-9-15(13(12)2)19-16-11-18(21)20(3)17-10-5-4-8-14(16)17/h4-5,8,10,12-13,15-16,19H,6-7,9,11H2,1-3H3. The van der Waals surface area contributed by atoms with Gasteiger partial charge in [-0.15, -0.1) is 0 Å². The van der Waals surface area contributed by atoms with Gasteiger partial charge in [-0.3, -0.25) is 4.79 Å². The van der Waals surface area contributed by atoms with Crippen LogP contribution in [0.2, 0.25) is 0 Å². The highest BCUT2D eigenvalue weighted by Gasteiger charge is 2.33. The Kier molecular flexibility index (Phi) is 4.03. The number of fused-ring (bicyclic) bond motifs is 1. The summed E-state index contributed by atoms with van der Waals surface area (Å²) in [6.07, 6.45) is 4.44. The minimum atomic E-state index is 0.169. The molecule has 0 saturated heterocycles. The third kappa shape index (κ3) is 2.71. The SMILES string of the molecule is CC1CCCC(NC2CC(=O)N(C)c3ccccc32)C1C. The van der Waals surface area contributed by atoms with Crippen molar-refractivity contribution in [2.24, 2.45) is 11.8 Å². The van der Waals surface area contributed by atoms with Crippen molar-refractivity contribution in [3.8, 4) is 0 Å². The molecule has 1 amide bonds. The molecule has 114 valence electrons. The number of hydrogen-bond donors (Lipinski definition) is 1. The molecule has 1 heterocycles. The summed E-state index contributed by atoms with van der Waals surface area (Å²) in [6.45, 7) is 4.70. The van der Waals surface area contributed by atoms with Gasteiger partial charge in [0.15, 0.2) is 0 Å². The maximum Gasteiger partial charge on any atom is 0.228 e. The number of para-hydroxylation sites is 1. The van der Waals surface area contributed by atoms with Gasteiger partial charge in [0.2, 0.25) is 5.91 Å². The summed E-state index contributed by atoms with van der Waals surface area (Å²) in [5, 5.41) is 3.80. The number of nitrogens with zero attached hydrogens (tertiary/aromatic N) is 1. The molecule has 1 aliphatic heterocycles. The summed E-state index contributed by atoms with van der Waals surface area (Å²) in [7, 11) is 1.88. The van der Waals surface area contributed by atoms with Gasteiger partial charge in [0.1, 0.15) is 0 Å². The zero-order valence-electron chi connectivity index (χ0n) is 13.3. The quantitative estimate of drug-likeness (QED) is 0.902. The number of benzene rings is 1. The first-order valence-corrected chi connectivity index (χ1v) is 8.19. The van der Waals surface area contributed by atoms with Gasteiger partial charge in [-0.1, -0.05) is 44.9 Å². The number of carbonyl (C=O) groups is 1. The van der Waals surface area contributed by atoms with Crippen molar-refractivity contribution in [2.45, 2.75) is 51.6 Å². The number of anilines is 1. The van der Waals surface area contributed by atoms with Crippen LogP contribution in [0.1, 0.15) is 51.1 Å². The molecule has 21 heavy (non-hydrogen) atoms. The second kappa shape index (κ2) is 5.80. The zero-order chi connectivity index (χ0) is 15.0. The molecule has 3 nitrogen and oxygen atoms in total. The van der Waals surface area contributed by atoms with Crippen LogP contribution in [0.25, 0.3) is 0 Å². The van der Waals surface area contributed by atoms with Gasteiger partial charge in [-0.25, -0.2) is 0 Å². The van der Waals surface area contributed by atoms with Crippen molar-refractivity contribution in [1.29, 1.82) is 0 Å². The lowest BCUT2D eigenvalue weighted by atomic mass is 9.77. The summed E-state index contributed by atoms with van der Waals surface area (Å²) in [5.41, 5.74) is 2.33. The van der Waals surface area contributed by atoms with Crippen LogP contribution in [0.3, 0.4) is 0 Å². The fourth-order valence-electron chi connectivity index (χ4n) is 3.87. The largest absolute Gasteiger partial charge is 0.315 e. The second-order valence-corrected chi connectivity index (χ2v) is 6.81. The van der Waals surface area contributed by atoms with E-state index >= 15 is 0 Å². The number of carbonyl (C=O) groups excluding carboxylic acids is 1. The molecule has 2 aliphatic rings. The first-order chi connectivity index (χ1) is 10.1. The highest BCUT2D eigenvalue weighted by atomic mass is 16.2. The molecule has 0 spiro atoms. The van der Waals surface area contributed by atoms with Gasteiger partial charge in [0, 0.05) is 31.2 Å². The summed E-state index contributed by atoms with van der Waals surface area (Å²) in [4.78, 5) is 14.0. The zero-order valence-corrected chi connectivity index (χ0v) is 13.3. The average molecular weight is 286 g/mol. The normalized spacial score (nSPS) is 32.9. The average Bonchev–Trinajstić information content (AvgIpc) is 2.49. The van der Waals surface area contributed by atoms with Crippen molar-refractivity contribution in [2.75, 3.05) is 11.9 Å². The minimum absolute atomic E-state index is 0.169. The van der Waals surface area contributed by atoms with Crippen LogP contribution in [0.5, 0.6) is 0 Å². The van der Waals surface area contributed by atoms with Gasteiger partial charge in [-0.05, 0) is 29.9 Å². The molecule has 0 bridgehead atoms. The van der Waals surface area contributed by atoms with Gasteiger partial charge >= 0.3 is 0 Å².